The van der Waals surface area contributed by atoms with Crippen LogP contribution in [0.3, 0.4) is 0 Å². The Morgan fingerprint density at radius 3 is 2.41 bits per heavy atom. The van der Waals surface area contributed by atoms with Gasteiger partial charge in [0.05, 0.1) is 12.0 Å². The summed E-state index contributed by atoms with van der Waals surface area (Å²) in [5.74, 6) is 0.0557. The van der Waals surface area contributed by atoms with Crippen LogP contribution in [0, 0.1) is 10.1 Å². The first-order valence-corrected chi connectivity index (χ1v) is 9.51. The van der Waals surface area contributed by atoms with Gasteiger partial charge in [0, 0.05) is 29.9 Å². The molecule has 1 saturated heterocycles. The number of nitrogens with one attached hydrogen (secondary N) is 1. The standard InChI is InChI=1S/C21H23N3O5/c1-29-18-12-10-16(11-13-18)23(19-5-3-2-4-14-22-20(19)25)21(26)15-6-8-17(9-7-15)24(27)28/h6-13,19H,2-5,14H2,1H3,(H,22,25). The molecule has 2 amide bonds. The van der Waals surface area contributed by atoms with E-state index in [1.165, 1.54) is 29.2 Å². The second-order valence-corrected chi connectivity index (χ2v) is 6.83. The zero-order chi connectivity index (χ0) is 20.8. The minimum Gasteiger partial charge on any atom is -0.497 e. The summed E-state index contributed by atoms with van der Waals surface area (Å²) in [5, 5.41) is 13.8. The third kappa shape index (κ3) is 4.71. The summed E-state index contributed by atoms with van der Waals surface area (Å²) < 4.78 is 5.19. The molecule has 0 saturated carbocycles. The highest BCUT2D eigenvalue weighted by Crippen LogP contribution is 2.27. The molecule has 0 radical (unpaired) electrons. The second-order valence-electron chi connectivity index (χ2n) is 6.83. The van der Waals surface area contributed by atoms with Crippen molar-refractivity contribution in [2.45, 2.75) is 31.7 Å². The largest absolute Gasteiger partial charge is 0.497 e. The molecule has 1 atom stereocenters. The number of methoxy groups -OCH3 is 1. The lowest BCUT2D eigenvalue weighted by Gasteiger charge is -2.32. The van der Waals surface area contributed by atoms with Crippen LogP contribution in [0.4, 0.5) is 11.4 Å². The molecular weight excluding hydrogens is 374 g/mol. The first-order chi connectivity index (χ1) is 14.0. The van der Waals surface area contributed by atoms with E-state index in [-0.39, 0.29) is 23.1 Å². The van der Waals surface area contributed by atoms with E-state index in [9.17, 15) is 19.7 Å². The van der Waals surface area contributed by atoms with Crippen LogP contribution in [0.5, 0.6) is 5.75 Å². The lowest BCUT2D eigenvalue weighted by atomic mass is 10.0. The fourth-order valence-corrected chi connectivity index (χ4v) is 3.39. The Balaban J connectivity index is 1.99. The number of nitro groups is 1. The maximum absolute atomic E-state index is 13.4. The van der Waals surface area contributed by atoms with Crippen molar-refractivity contribution >= 4 is 23.2 Å². The Morgan fingerprint density at radius 1 is 1.10 bits per heavy atom. The Bertz CT molecular complexity index is 880. The van der Waals surface area contributed by atoms with Crippen LogP contribution in [-0.4, -0.2) is 36.4 Å². The molecule has 1 heterocycles. The van der Waals surface area contributed by atoms with Crippen molar-refractivity contribution < 1.29 is 19.2 Å². The summed E-state index contributed by atoms with van der Waals surface area (Å²) in [7, 11) is 1.55. The number of rotatable bonds is 5. The van der Waals surface area contributed by atoms with Gasteiger partial charge in [-0.1, -0.05) is 12.8 Å². The van der Waals surface area contributed by atoms with E-state index in [0.717, 1.165) is 19.3 Å². The van der Waals surface area contributed by atoms with E-state index in [2.05, 4.69) is 5.32 Å². The van der Waals surface area contributed by atoms with Crippen LogP contribution >= 0.6 is 0 Å². The highest BCUT2D eigenvalue weighted by molar-refractivity contribution is 6.10. The number of carbonyl (C=O) groups is 2. The van der Waals surface area contributed by atoms with E-state index >= 15 is 0 Å². The van der Waals surface area contributed by atoms with Crippen LogP contribution in [0.15, 0.2) is 48.5 Å². The lowest BCUT2D eigenvalue weighted by molar-refractivity contribution is -0.384. The number of nitrogens with zero attached hydrogens (tertiary/aromatic N) is 2. The fourth-order valence-electron chi connectivity index (χ4n) is 3.39. The Labute approximate surface area is 168 Å². The highest BCUT2D eigenvalue weighted by atomic mass is 16.6. The molecule has 3 rings (SSSR count). The van der Waals surface area contributed by atoms with Gasteiger partial charge in [-0.3, -0.25) is 24.6 Å². The van der Waals surface area contributed by atoms with Gasteiger partial charge in [-0.05, 0) is 49.2 Å². The van der Waals surface area contributed by atoms with Gasteiger partial charge in [0.1, 0.15) is 11.8 Å². The Kier molecular flexibility index (Phi) is 6.43. The van der Waals surface area contributed by atoms with Gasteiger partial charge in [0.15, 0.2) is 0 Å². The van der Waals surface area contributed by atoms with Crippen molar-refractivity contribution in [3.63, 3.8) is 0 Å². The van der Waals surface area contributed by atoms with Crippen LogP contribution in [0.1, 0.15) is 36.0 Å². The van der Waals surface area contributed by atoms with E-state index < -0.39 is 11.0 Å². The van der Waals surface area contributed by atoms with E-state index in [1.807, 2.05) is 0 Å². The average molecular weight is 397 g/mol. The Morgan fingerprint density at radius 2 is 1.79 bits per heavy atom. The van der Waals surface area contributed by atoms with Gasteiger partial charge < -0.3 is 10.1 Å². The third-order valence-corrected chi connectivity index (χ3v) is 4.96. The Hall–Kier alpha value is -3.42. The monoisotopic (exact) mass is 397 g/mol. The molecule has 0 bridgehead atoms. The van der Waals surface area contributed by atoms with Crippen LogP contribution in [0.2, 0.25) is 0 Å². The number of carbonyl (C=O) groups excluding carboxylic acids is 2. The molecule has 1 aliphatic heterocycles. The zero-order valence-corrected chi connectivity index (χ0v) is 16.2. The van der Waals surface area contributed by atoms with Crippen LogP contribution in [-0.2, 0) is 4.79 Å². The average Bonchev–Trinajstić information content (AvgIpc) is 2.73. The fraction of sp³-hybridized carbons (Fsp3) is 0.333. The van der Waals surface area contributed by atoms with E-state index in [0.29, 0.717) is 24.4 Å². The van der Waals surface area contributed by atoms with Gasteiger partial charge in [-0.25, -0.2) is 0 Å². The van der Waals surface area contributed by atoms with Gasteiger partial charge in [0.2, 0.25) is 5.91 Å². The van der Waals surface area contributed by atoms with Crippen molar-refractivity contribution in [2.24, 2.45) is 0 Å². The maximum Gasteiger partial charge on any atom is 0.269 e. The van der Waals surface area contributed by atoms with Gasteiger partial charge in [-0.2, -0.15) is 0 Å². The summed E-state index contributed by atoms with van der Waals surface area (Å²) in [4.78, 5) is 38.0. The first kappa shape index (κ1) is 20.3. The minimum atomic E-state index is -0.661. The molecule has 0 spiro atoms. The minimum absolute atomic E-state index is 0.0961. The number of benzene rings is 2. The number of nitro benzene ring substituents is 1. The summed E-state index contributed by atoms with van der Waals surface area (Å²) in [5.41, 5.74) is 0.748. The summed E-state index contributed by atoms with van der Waals surface area (Å²) >= 11 is 0. The molecule has 29 heavy (non-hydrogen) atoms. The normalized spacial score (nSPS) is 16.9. The number of hydrogen-bond acceptors (Lipinski definition) is 5. The number of ether oxygens (including phenoxy) is 1. The van der Waals surface area contributed by atoms with Gasteiger partial charge in [-0.15, -0.1) is 0 Å². The molecular formula is C21H23N3O5. The maximum atomic E-state index is 13.4. The molecule has 1 N–H and O–H groups in total. The van der Waals surface area contributed by atoms with Gasteiger partial charge >= 0.3 is 0 Å². The molecule has 8 nitrogen and oxygen atoms in total. The van der Waals surface area contributed by atoms with Crippen molar-refractivity contribution in [2.75, 3.05) is 18.6 Å². The summed E-state index contributed by atoms with van der Waals surface area (Å²) in [6.45, 7) is 0.581. The predicted octanol–water partition coefficient (Wildman–Crippen LogP) is 3.31. The number of anilines is 1. The number of amides is 2. The molecule has 1 unspecified atom stereocenters. The lowest BCUT2D eigenvalue weighted by Crippen LogP contribution is -2.50. The smallest absolute Gasteiger partial charge is 0.269 e. The molecule has 0 aromatic heterocycles. The molecule has 2 aromatic rings. The molecule has 8 heteroatoms. The van der Waals surface area contributed by atoms with Crippen LogP contribution in [0.25, 0.3) is 0 Å². The molecule has 152 valence electrons. The third-order valence-electron chi connectivity index (χ3n) is 4.96. The SMILES string of the molecule is COc1ccc(N(C(=O)c2ccc([N+](=O)[O-])cc2)C2CCCCCNC2=O)cc1. The topological polar surface area (TPSA) is 102 Å². The predicted molar refractivity (Wildman–Crippen MR) is 108 cm³/mol. The zero-order valence-electron chi connectivity index (χ0n) is 16.2. The van der Waals surface area contributed by atoms with E-state index in [4.69, 9.17) is 4.74 Å². The highest BCUT2D eigenvalue weighted by Gasteiger charge is 2.32. The number of non-ortho nitro benzene ring substituents is 1. The van der Waals surface area contributed by atoms with Crippen molar-refractivity contribution in [1.82, 2.24) is 5.32 Å². The number of hydrogen-bond donors (Lipinski definition) is 1. The van der Waals surface area contributed by atoms with E-state index in [1.54, 1.807) is 31.4 Å². The first-order valence-electron chi connectivity index (χ1n) is 9.51. The quantitative estimate of drug-likeness (QED) is 0.616. The second kappa shape index (κ2) is 9.18. The molecule has 2 aromatic carbocycles. The van der Waals surface area contributed by atoms with Crippen molar-refractivity contribution in [1.29, 1.82) is 0 Å². The van der Waals surface area contributed by atoms with Crippen molar-refractivity contribution in [3.8, 4) is 5.75 Å². The van der Waals surface area contributed by atoms with Crippen molar-refractivity contribution in [3.05, 3.63) is 64.2 Å². The molecule has 1 aliphatic rings. The molecule has 1 fully saturated rings. The van der Waals surface area contributed by atoms with Crippen LogP contribution < -0.4 is 15.0 Å². The van der Waals surface area contributed by atoms with Gasteiger partial charge in [0.25, 0.3) is 11.6 Å². The molecule has 0 aliphatic carbocycles. The summed E-state index contributed by atoms with van der Waals surface area (Å²) in [6, 6.07) is 11.7. The summed E-state index contributed by atoms with van der Waals surface area (Å²) in [6.07, 6.45) is 3.26.